The summed E-state index contributed by atoms with van der Waals surface area (Å²) in [6.07, 6.45) is 1.12. The van der Waals surface area contributed by atoms with Gasteiger partial charge in [0.2, 0.25) is 0 Å². The van der Waals surface area contributed by atoms with E-state index in [0.29, 0.717) is 18.4 Å². The zero-order valence-corrected chi connectivity index (χ0v) is 15.6. The van der Waals surface area contributed by atoms with Crippen molar-refractivity contribution in [1.29, 1.82) is 0 Å². The third-order valence-corrected chi connectivity index (χ3v) is 4.37. The van der Waals surface area contributed by atoms with Gasteiger partial charge < -0.3 is 10.6 Å². The Labute approximate surface area is 145 Å². The molecule has 5 nitrogen and oxygen atoms in total. The number of quaternary nitrogens is 1. The monoisotopic (exact) mass is 334 g/mol. The predicted molar refractivity (Wildman–Crippen MR) is 96.7 cm³/mol. The Morgan fingerprint density at radius 3 is 2.12 bits per heavy atom. The van der Waals surface area contributed by atoms with Gasteiger partial charge in [-0.3, -0.25) is 10.1 Å². The summed E-state index contributed by atoms with van der Waals surface area (Å²) >= 11 is 0. The lowest BCUT2D eigenvalue weighted by atomic mass is 9.92. The van der Waals surface area contributed by atoms with Crippen molar-refractivity contribution in [1.82, 2.24) is 10.6 Å². The second-order valence-corrected chi connectivity index (χ2v) is 6.59. The van der Waals surface area contributed by atoms with Crippen molar-refractivity contribution >= 4 is 11.9 Å². The first-order chi connectivity index (χ1) is 11.4. The maximum absolute atomic E-state index is 11.9. The fourth-order valence-corrected chi connectivity index (χ4v) is 2.69. The summed E-state index contributed by atoms with van der Waals surface area (Å²) in [6, 6.07) is 8.43. The molecule has 3 amide bonds. The Balaban J connectivity index is 2.67. The van der Waals surface area contributed by atoms with Crippen LogP contribution in [0.5, 0.6) is 0 Å². The van der Waals surface area contributed by atoms with Gasteiger partial charge >= 0.3 is 6.03 Å². The van der Waals surface area contributed by atoms with E-state index in [4.69, 9.17) is 0 Å². The SMILES string of the molecule is CCNC(=O)NC(=O)C[NH2+][C@H](c1ccc([C@@H](C)CC)cc1)C(C)C. The van der Waals surface area contributed by atoms with Crippen molar-refractivity contribution in [3.05, 3.63) is 35.4 Å². The van der Waals surface area contributed by atoms with Crippen LogP contribution >= 0.6 is 0 Å². The smallest absolute Gasteiger partial charge is 0.321 e. The number of carbonyl (C=O) groups excluding carboxylic acids is 2. The molecule has 24 heavy (non-hydrogen) atoms. The van der Waals surface area contributed by atoms with Gasteiger partial charge in [-0.2, -0.15) is 0 Å². The van der Waals surface area contributed by atoms with E-state index in [9.17, 15) is 9.59 Å². The Morgan fingerprint density at radius 2 is 1.62 bits per heavy atom. The van der Waals surface area contributed by atoms with Crippen molar-refractivity contribution in [2.75, 3.05) is 13.1 Å². The number of amides is 3. The Morgan fingerprint density at radius 1 is 1.04 bits per heavy atom. The molecule has 0 bridgehead atoms. The molecule has 0 radical (unpaired) electrons. The van der Waals surface area contributed by atoms with E-state index in [0.717, 1.165) is 6.42 Å². The molecular weight excluding hydrogens is 302 g/mol. The van der Waals surface area contributed by atoms with Gasteiger partial charge in [0.05, 0.1) is 0 Å². The first-order valence-electron chi connectivity index (χ1n) is 8.89. The van der Waals surface area contributed by atoms with E-state index >= 15 is 0 Å². The lowest BCUT2D eigenvalue weighted by Gasteiger charge is -2.20. The van der Waals surface area contributed by atoms with Gasteiger partial charge in [-0.25, -0.2) is 4.79 Å². The molecule has 0 aliphatic rings. The highest BCUT2D eigenvalue weighted by atomic mass is 16.2. The average molecular weight is 334 g/mol. The van der Waals surface area contributed by atoms with Gasteiger partial charge in [0, 0.05) is 18.0 Å². The van der Waals surface area contributed by atoms with Gasteiger partial charge in [-0.05, 0) is 24.8 Å². The summed E-state index contributed by atoms with van der Waals surface area (Å²) in [5.74, 6) is 0.669. The molecule has 2 atom stereocenters. The summed E-state index contributed by atoms with van der Waals surface area (Å²) in [5, 5.41) is 6.89. The van der Waals surface area contributed by atoms with Crippen LogP contribution in [0.3, 0.4) is 0 Å². The van der Waals surface area contributed by atoms with E-state index in [-0.39, 0.29) is 18.5 Å². The molecule has 0 saturated carbocycles. The third kappa shape index (κ3) is 6.32. The molecule has 0 heterocycles. The van der Waals surface area contributed by atoms with Crippen LogP contribution in [-0.4, -0.2) is 25.0 Å². The molecule has 1 aromatic carbocycles. The zero-order valence-electron chi connectivity index (χ0n) is 15.6. The van der Waals surface area contributed by atoms with Crippen LogP contribution in [0.1, 0.15) is 64.1 Å². The third-order valence-electron chi connectivity index (χ3n) is 4.37. The van der Waals surface area contributed by atoms with E-state index in [1.165, 1.54) is 11.1 Å². The van der Waals surface area contributed by atoms with Crippen molar-refractivity contribution in [2.24, 2.45) is 5.92 Å². The summed E-state index contributed by atoms with van der Waals surface area (Å²) in [6.45, 7) is 11.3. The number of nitrogens with one attached hydrogen (secondary N) is 2. The number of imide groups is 1. The van der Waals surface area contributed by atoms with E-state index in [1.807, 2.05) is 12.2 Å². The highest BCUT2D eigenvalue weighted by Crippen LogP contribution is 2.22. The minimum absolute atomic E-state index is 0.191. The Hall–Kier alpha value is -1.88. The average Bonchev–Trinajstić information content (AvgIpc) is 2.54. The maximum Gasteiger partial charge on any atom is 0.321 e. The van der Waals surface area contributed by atoms with Crippen molar-refractivity contribution in [3.63, 3.8) is 0 Å². The second kappa shape index (κ2) is 10.1. The first-order valence-corrected chi connectivity index (χ1v) is 8.89. The van der Waals surface area contributed by atoms with Crippen LogP contribution in [-0.2, 0) is 4.79 Å². The lowest BCUT2D eigenvalue weighted by Crippen LogP contribution is -2.88. The highest BCUT2D eigenvalue weighted by molar-refractivity contribution is 5.94. The predicted octanol–water partition coefficient (Wildman–Crippen LogP) is 2.31. The van der Waals surface area contributed by atoms with Crippen LogP contribution in [0.15, 0.2) is 24.3 Å². The summed E-state index contributed by atoms with van der Waals surface area (Å²) in [4.78, 5) is 23.2. The van der Waals surface area contributed by atoms with Crippen molar-refractivity contribution in [2.45, 2.75) is 53.0 Å². The number of hydrogen-bond acceptors (Lipinski definition) is 2. The number of carbonyl (C=O) groups is 2. The van der Waals surface area contributed by atoms with Crippen LogP contribution in [0, 0.1) is 5.92 Å². The largest absolute Gasteiger partial charge is 0.338 e. The van der Waals surface area contributed by atoms with Gasteiger partial charge in [-0.1, -0.05) is 52.0 Å². The molecule has 0 spiro atoms. The molecule has 0 aliphatic carbocycles. The first kappa shape index (κ1) is 20.2. The molecule has 0 aromatic heterocycles. The molecule has 1 rings (SSSR count). The maximum atomic E-state index is 11.9. The molecule has 0 saturated heterocycles. The molecule has 0 unspecified atom stereocenters. The molecule has 4 N–H and O–H groups in total. The topological polar surface area (TPSA) is 74.8 Å². The van der Waals surface area contributed by atoms with Crippen LogP contribution < -0.4 is 16.0 Å². The van der Waals surface area contributed by atoms with Crippen LogP contribution in [0.2, 0.25) is 0 Å². The number of hydrogen-bond donors (Lipinski definition) is 3. The minimum atomic E-state index is -0.435. The van der Waals surface area contributed by atoms with E-state index in [1.54, 1.807) is 0 Å². The molecule has 5 heteroatoms. The Bertz CT molecular complexity index is 526. The molecule has 1 aromatic rings. The van der Waals surface area contributed by atoms with Gasteiger partial charge in [0.15, 0.2) is 6.54 Å². The molecule has 0 aliphatic heterocycles. The van der Waals surface area contributed by atoms with Gasteiger partial charge in [-0.15, -0.1) is 0 Å². The van der Waals surface area contributed by atoms with Gasteiger partial charge in [0.25, 0.3) is 5.91 Å². The fraction of sp³-hybridized carbons (Fsp3) is 0.579. The van der Waals surface area contributed by atoms with E-state index < -0.39 is 6.03 Å². The number of rotatable bonds is 8. The molecule has 0 fully saturated rings. The van der Waals surface area contributed by atoms with Crippen molar-refractivity contribution < 1.29 is 14.9 Å². The summed E-state index contributed by atoms with van der Waals surface area (Å²) < 4.78 is 0. The summed E-state index contributed by atoms with van der Waals surface area (Å²) in [7, 11) is 0. The van der Waals surface area contributed by atoms with Gasteiger partial charge in [0.1, 0.15) is 6.04 Å². The summed E-state index contributed by atoms with van der Waals surface area (Å²) in [5.41, 5.74) is 2.56. The zero-order chi connectivity index (χ0) is 18.1. The van der Waals surface area contributed by atoms with Crippen molar-refractivity contribution in [3.8, 4) is 0 Å². The fourth-order valence-electron chi connectivity index (χ4n) is 2.69. The van der Waals surface area contributed by atoms with Crippen LogP contribution in [0.25, 0.3) is 0 Å². The normalized spacial score (nSPS) is 13.4. The van der Waals surface area contributed by atoms with Crippen LogP contribution in [0.4, 0.5) is 4.79 Å². The minimum Gasteiger partial charge on any atom is -0.338 e. The van der Waals surface area contributed by atoms with E-state index in [2.05, 4.69) is 62.6 Å². The Kier molecular flexibility index (Phi) is 8.47. The lowest BCUT2D eigenvalue weighted by molar-refractivity contribution is -0.692. The molecular formula is C19H32N3O2+. The molecule has 134 valence electrons. The quantitative estimate of drug-likeness (QED) is 0.682. The number of benzene rings is 1. The number of nitrogens with two attached hydrogens (primary N) is 1. The number of urea groups is 1. The second-order valence-electron chi connectivity index (χ2n) is 6.59. The standard InChI is InChI=1S/C19H31N3O2/c1-6-14(5)15-8-10-16(11-9-15)18(13(3)4)21-12-17(23)22-19(24)20-7-2/h8-11,13-14,18,21H,6-7,12H2,1-5H3,(H2,20,22,23,24)/p+1/t14-,18-/m0/s1. The highest BCUT2D eigenvalue weighted by Gasteiger charge is 2.21.